The van der Waals surface area contributed by atoms with E-state index in [-0.39, 0.29) is 0 Å². The van der Waals surface area contributed by atoms with Crippen LogP contribution in [-0.4, -0.2) is 18.5 Å². The number of aldehydes is 1. The topological polar surface area (TPSA) is 46.5 Å². The molecule has 1 N–H and O–H groups in total. The number of methoxy groups -OCH3 is 1. The van der Waals surface area contributed by atoms with Crippen molar-refractivity contribution in [2.75, 3.05) is 7.11 Å². The molecule has 0 spiro atoms. The molecule has 60 valence electrons. The summed E-state index contributed by atoms with van der Waals surface area (Å²) >= 11 is 0. The number of hydrogen-bond donors (Lipinski definition) is 1. The molecule has 0 unspecified atom stereocenters. The minimum atomic E-state index is 0.499. The van der Waals surface area contributed by atoms with E-state index in [9.17, 15) is 4.79 Å². The van der Waals surface area contributed by atoms with Crippen molar-refractivity contribution < 1.29 is 14.6 Å². The van der Waals surface area contributed by atoms with Crippen LogP contribution in [0.25, 0.3) is 0 Å². The van der Waals surface area contributed by atoms with Crippen molar-refractivity contribution in [3.8, 4) is 0 Å². The highest BCUT2D eigenvalue weighted by Gasteiger charge is 1.82. The summed E-state index contributed by atoms with van der Waals surface area (Å²) in [7, 11) is 1.49. The number of allylic oxidation sites excluding steroid dienone is 4. The molecule has 0 radical (unpaired) electrons. The Morgan fingerprint density at radius 2 is 2.18 bits per heavy atom. The van der Waals surface area contributed by atoms with Crippen molar-refractivity contribution in [1.29, 1.82) is 0 Å². The van der Waals surface area contributed by atoms with Crippen molar-refractivity contribution in [3.63, 3.8) is 0 Å². The van der Waals surface area contributed by atoms with E-state index in [1.165, 1.54) is 31.6 Å². The largest absolute Gasteiger partial charge is 0.515 e. The molecule has 3 nitrogen and oxygen atoms in total. The Kier molecular flexibility index (Phi) is 5.70. The number of carbonyl (C=O) groups excluding carboxylic acids is 1. The van der Waals surface area contributed by atoms with Gasteiger partial charge in [0.1, 0.15) is 6.29 Å². The molecule has 0 saturated carbocycles. The molecule has 0 bridgehead atoms. The zero-order valence-corrected chi connectivity index (χ0v) is 6.23. The monoisotopic (exact) mass is 154 g/mol. The van der Waals surface area contributed by atoms with Crippen LogP contribution in [0.5, 0.6) is 0 Å². The summed E-state index contributed by atoms with van der Waals surface area (Å²) in [5, 5.41) is 8.54. The Morgan fingerprint density at radius 1 is 1.45 bits per heavy atom. The maximum atomic E-state index is 9.85. The van der Waals surface area contributed by atoms with Crippen LogP contribution in [0.15, 0.2) is 36.3 Å². The highest BCUT2D eigenvalue weighted by molar-refractivity contribution is 5.66. The van der Waals surface area contributed by atoms with Crippen molar-refractivity contribution in [2.24, 2.45) is 0 Å². The quantitative estimate of drug-likeness (QED) is 0.287. The van der Waals surface area contributed by atoms with Crippen LogP contribution in [-0.2, 0) is 9.53 Å². The third kappa shape index (κ3) is 4.96. The summed E-state index contributed by atoms with van der Waals surface area (Å²) in [5.74, 6) is 0. The third-order valence-corrected chi connectivity index (χ3v) is 0.913. The summed E-state index contributed by atoms with van der Waals surface area (Å²) in [6.07, 6.45) is 7.18. The summed E-state index contributed by atoms with van der Waals surface area (Å²) in [5.41, 5.74) is 0.499. The van der Waals surface area contributed by atoms with E-state index < -0.39 is 0 Å². The van der Waals surface area contributed by atoms with Gasteiger partial charge in [0.15, 0.2) is 0 Å². The van der Waals surface area contributed by atoms with Crippen LogP contribution in [0.4, 0.5) is 0 Å². The van der Waals surface area contributed by atoms with Gasteiger partial charge in [-0.3, -0.25) is 4.79 Å². The fraction of sp³-hybridized carbons (Fsp3) is 0.125. The molecule has 0 aliphatic rings. The predicted molar refractivity (Wildman–Crippen MR) is 42.1 cm³/mol. The van der Waals surface area contributed by atoms with Crippen molar-refractivity contribution in [1.82, 2.24) is 0 Å². The zero-order valence-electron chi connectivity index (χ0n) is 6.23. The molecular formula is C8H10O3. The molecule has 3 heteroatoms. The van der Waals surface area contributed by atoms with Gasteiger partial charge in [-0.05, 0) is 18.2 Å². The van der Waals surface area contributed by atoms with Gasteiger partial charge >= 0.3 is 0 Å². The maximum absolute atomic E-state index is 9.85. The van der Waals surface area contributed by atoms with E-state index in [2.05, 4.69) is 4.74 Å². The lowest BCUT2D eigenvalue weighted by Crippen LogP contribution is -1.73. The second-order valence-electron chi connectivity index (χ2n) is 1.66. The number of aliphatic hydroxyl groups is 1. The Morgan fingerprint density at radius 3 is 2.64 bits per heavy atom. The lowest BCUT2D eigenvalue weighted by Gasteiger charge is -1.88. The normalized spacial score (nSPS) is 12.6. The smallest absolute Gasteiger partial charge is 0.142 e. The van der Waals surface area contributed by atoms with Gasteiger partial charge < -0.3 is 9.84 Å². The molecule has 0 aromatic rings. The first-order valence-corrected chi connectivity index (χ1v) is 3.00. The number of ether oxygens (including phenoxy) is 1. The van der Waals surface area contributed by atoms with Crippen molar-refractivity contribution in [2.45, 2.75) is 0 Å². The summed E-state index contributed by atoms with van der Waals surface area (Å²) in [6.45, 7) is 0. The SMILES string of the molecule is CO/C=C/C(C=CC=O)=CO. The maximum Gasteiger partial charge on any atom is 0.142 e. The number of aliphatic hydroxyl groups excluding tert-OH is 1. The molecule has 11 heavy (non-hydrogen) atoms. The van der Waals surface area contributed by atoms with E-state index in [0.29, 0.717) is 11.9 Å². The van der Waals surface area contributed by atoms with Gasteiger partial charge in [-0.15, -0.1) is 0 Å². The van der Waals surface area contributed by atoms with E-state index in [1.807, 2.05) is 0 Å². The predicted octanol–water partition coefficient (Wildman–Crippen LogP) is 1.34. The molecular weight excluding hydrogens is 144 g/mol. The van der Waals surface area contributed by atoms with E-state index in [4.69, 9.17) is 5.11 Å². The van der Waals surface area contributed by atoms with Gasteiger partial charge in [-0.2, -0.15) is 0 Å². The number of hydrogen-bond acceptors (Lipinski definition) is 3. The Bertz CT molecular complexity index is 190. The van der Waals surface area contributed by atoms with Crippen LogP contribution in [0.1, 0.15) is 0 Å². The van der Waals surface area contributed by atoms with Gasteiger partial charge in [0.05, 0.1) is 19.6 Å². The second-order valence-corrected chi connectivity index (χ2v) is 1.66. The molecule has 0 heterocycles. The average Bonchev–Trinajstić information content (AvgIpc) is 2.05. The molecule has 0 aliphatic carbocycles. The minimum Gasteiger partial charge on any atom is -0.515 e. The summed E-state index contributed by atoms with van der Waals surface area (Å²) < 4.78 is 4.60. The Hall–Kier alpha value is -1.51. The van der Waals surface area contributed by atoms with Crippen LogP contribution in [0.2, 0.25) is 0 Å². The van der Waals surface area contributed by atoms with Gasteiger partial charge in [0.2, 0.25) is 0 Å². The molecule has 0 amide bonds. The fourth-order valence-corrected chi connectivity index (χ4v) is 0.439. The van der Waals surface area contributed by atoms with Crippen molar-refractivity contribution >= 4 is 6.29 Å². The first kappa shape index (κ1) is 9.49. The van der Waals surface area contributed by atoms with Gasteiger partial charge in [0.25, 0.3) is 0 Å². The third-order valence-electron chi connectivity index (χ3n) is 0.913. The highest BCUT2D eigenvalue weighted by Crippen LogP contribution is 1.96. The highest BCUT2D eigenvalue weighted by atomic mass is 16.5. The Balaban J connectivity index is 4.08. The summed E-state index contributed by atoms with van der Waals surface area (Å²) in [6, 6.07) is 0. The number of rotatable bonds is 4. The van der Waals surface area contributed by atoms with Gasteiger partial charge in [0, 0.05) is 5.57 Å². The van der Waals surface area contributed by atoms with E-state index >= 15 is 0 Å². The molecule has 0 aliphatic heterocycles. The lowest BCUT2D eigenvalue weighted by atomic mass is 10.3. The zero-order chi connectivity index (χ0) is 8.53. The lowest BCUT2D eigenvalue weighted by molar-refractivity contribution is -0.104. The molecule has 0 atom stereocenters. The van der Waals surface area contributed by atoms with E-state index in [1.54, 1.807) is 0 Å². The van der Waals surface area contributed by atoms with Crippen molar-refractivity contribution in [3.05, 3.63) is 36.3 Å². The number of carbonyl (C=O) groups is 1. The fourth-order valence-electron chi connectivity index (χ4n) is 0.439. The second kappa shape index (κ2) is 6.61. The van der Waals surface area contributed by atoms with Gasteiger partial charge in [-0.25, -0.2) is 0 Å². The standard InChI is InChI=1S/C8H10O3/c1-11-6-4-8(7-10)3-2-5-9/h2-7,10H,1H3/b3-2?,6-4+,8-7?. The first-order valence-electron chi connectivity index (χ1n) is 3.00. The summed E-state index contributed by atoms with van der Waals surface area (Å²) in [4.78, 5) is 9.85. The molecule has 0 saturated heterocycles. The van der Waals surface area contributed by atoms with Crippen LogP contribution < -0.4 is 0 Å². The van der Waals surface area contributed by atoms with E-state index in [0.717, 1.165) is 6.26 Å². The minimum absolute atomic E-state index is 0.499. The van der Waals surface area contributed by atoms with Crippen LogP contribution in [0.3, 0.4) is 0 Å². The van der Waals surface area contributed by atoms with Gasteiger partial charge in [-0.1, -0.05) is 0 Å². The molecule has 0 aromatic heterocycles. The van der Waals surface area contributed by atoms with Crippen LogP contribution >= 0.6 is 0 Å². The Labute approximate surface area is 65.3 Å². The average molecular weight is 154 g/mol. The molecule has 0 aromatic carbocycles. The first-order chi connectivity index (χ1) is 5.35. The molecule has 0 rings (SSSR count). The van der Waals surface area contributed by atoms with Crippen LogP contribution in [0, 0.1) is 0 Å². The molecule has 0 fully saturated rings.